The number of rotatable bonds is 6. The summed E-state index contributed by atoms with van der Waals surface area (Å²) in [7, 11) is 2.11. The molecule has 20 heavy (non-hydrogen) atoms. The standard InChI is InChI=1S/C17H34N2O/c1-18-14-17(9-4-2-3-5-10-17)15-19-11-6-7-16(13-19)8-12-20/h16,18,20H,2-15H2,1H3. The van der Waals surface area contributed by atoms with Crippen LogP contribution < -0.4 is 5.32 Å². The second-order valence-electron chi connectivity index (χ2n) is 7.20. The van der Waals surface area contributed by atoms with Crippen LogP contribution in [0.2, 0.25) is 0 Å². The third kappa shape index (κ3) is 4.71. The molecule has 2 N–H and O–H groups in total. The summed E-state index contributed by atoms with van der Waals surface area (Å²) in [5, 5.41) is 12.6. The van der Waals surface area contributed by atoms with Crippen molar-refractivity contribution in [3.63, 3.8) is 0 Å². The van der Waals surface area contributed by atoms with Gasteiger partial charge in [0.05, 0.1) is 0 Å². The van der Waals surface area contributed by atoms with Crippen molar-refractivity contribution in [2.45, 2.75) is 57.8 Å². The fraction of sp³-hybridized carbons (Fsp3) is 1.00. The Bertz CT molecular complexity index is 260. The van der Waals surface area contributed by atoms with Gasteiger partial charge in [-0.25, -0.2) is 0 Å². The van der Waals surface area contributed by atoms with Crippen molar-refractivity contribution in [2.24, 2.45) is 11.3 Å². The topological polar surface area (TPSA) is 35.5 Å². The molecule has 0 amide bonds. The Hall–Kier alpha value is -0.120. The maximum Gasteiger partial charge on any atom is 0.0434 e. The quantitative estimate of drug-likeness (QED) is 0.735. The third-order valence-electron chi connectivity index (χ3n) is 5.42. The molecule has 0 aromatic heterocycles. The van der Waals surface area contributed by atoms with Gasteiger partial charge in [-0.3, -0.25) is 0 Å². The number of aliphatic hydroxyl groups excluding tert-OH is 1. The Balaban J connectivity index is 1.92. The molecular formula is C17H34N2O. The first kappa shape index (κ1) is 16.3. The number of piperidine rings is 1. The van der Waals surface area contributed by atoms with Crippen molar-refractivity contribution < 1.29 is 5.11 Å². The molecule has 1 saturated carbocycles. The molecule has 1 atom stereocenters. The first-order valence-corrected chi connectivity index (χ1v) is 8.76. The third-order valence-corrected chi connectivity index (χ3v) is 5.42. The summed E-state index contributed by atoms with van der Waals surface area (Å²) in [6.45, 7) is 5.30. The van der Waals surface area contributed by atoms with Crippen molar-refractivity contribution in [3.05, 3.63) is 0 Å². The van der Waals surface area contributed by atoms with Gasteiger partial charge in [0.1, 0.15) is 0 Å². The molecule has 0 spiro atoms. The smallest absolute Gasteiger partial charge is 0.0434 e. The van der Waals surface area contributed by atoms with Crippen LogP contribution in [0.3, 0.4) is 0 Å². The van der Waals surface area contributed by atoms with Gasteiger partial charge in [0, 0.05) is 26.2 Å². The van der Waals surface area contributed by atoms with Crippen LogP contribution in [-0.4, -0.2) is 49.8 Å². The first-order valence-electron chi connectivity index (χ1n) is 8.76. The summed E-state index contributed by atoms with van der Waals surface area (Å²) in [5.74, 6) is 0.728. The highest BCUT2D eigenvalue weighted by Gasteiger charge is 2.33. The van der Waals surface area contributed by atoms with Crippen molar-refractivity contribution in [1.82, 2.24) is 10.2 Å². The number of aliphatic hydroxyl groups is 1. The molecule has 1 saturated heterocycles. The Kier molecular flexibility index (Phi) is 6.79. The lowest BCUT2D eigenvalue weighted by Crippen LogP contribution is -2.46. The molecular weight excluding hydrogens is 248 g/mol. The minimum atomic E-state index is 0.361. The van der Waals surface area contributed by atoms with Gasteiger partial charge >= 0.3 is 0 Å². The molecule has 1 aliphatic carbocycles. The fourth-order valence-corrected chi connectivity index (χ4v) is 4.43. The van der Waals surface area contributed by atoms with Crippen LogP contribution in [0.4, 0.5) is 0 Å². The van der Waals surface area contributed by atoms with Crippen LogP contribution >= 0.6 is 0 Å². The zero-order valence-corrected chi connectivity index (χ0v) is 13.4. The van der Waals surface area contributed by atoms with Crippen molar-refractivity contribution >= 4 is 0 Å². The van der Waals surface area contributed by atoms with Crippen LogP contribution in [0.25, 0.3) is 0 Å². The minimum Gasteiger partial charge on any atom is -0.396 e. The second kappa shape index (κ2) is 8.35. The van der Waals surface area contributed by atoms with Crippen LogP contribution in [0, 0.1) is 11.3 Å². The highest BCUT2D eigenvalue weighted by molar-refractivity contribution is 4.88. The summed E-state index contributed by atoms with van der Waals surface area (Å²) in [6.07, 6.45) is 12.1. The number of nitrogens with one attached hydrogen (secondary N) is 1. The van der Waals surface area contributed by atoms with Gasteiger partial charge in [-0.1, -0.05) is 25.7 Å². The maximum absolute atomic E-state index is 9.17. The van der Waals surface area contributed by atoms with Gasteiger partial charge in [0.25, 0.3) is 0 Å². The molecule has 2 fully saturated rings. The van der Waals surface area contributed by atoms with Crippen molar-refractivity contribution in [3.8, 4) is 0 Å². The summed E-state index contributed by atoms with van der Waals surface area (Å²) >= 11 is 0. The largest absolute Gasteiger partial charge is 0.396 e. The number of hydrogen-bond donors (Lipinski definition) is 2. The SMILES string of the molecule is CNCC1(CN2CCCC(CCO)C2)CCCCCC1. The molecule has 1 aliphatic heterocycles. The van der Waals surface area contributed by atoms with E-state index in [1.54, 1.807) is 0 Å². The average Bonchev–Trinajstić information content (AvgIpc) is 2.66. The van der Waals surface area contributed by atoms with Crippen LogP contribution in [0.15, 0.2) is 0 Å². The van der Waals surface area contributed by atoms with E-state index in [9.17, 15) is 0 Å². The molecule has 0 radical (unpaired) electrons. The monoisotopic (exact) mass is 282 g/mol. The summed E-state index contributed by atoms with van der Waals surface area (Å²) in [4.78, 5) is 2.70. The van der Waals surface area contributed by atoms with E-state index in [1.165, 1.54) is 77.5 Å². The average molecular weight is 282 g/mol. The molecule has 1 heterocycles. The molecule has 3 heteroatoms. The first-order chi connectivity index (χ1) is 9.78. The molecule has 0 bridgehead atoms. The summed E-state index contributed by atoms with van der Waals surface area (Å²) in [6, 6.07) is 0. The number of hydrogen-bond acceptors (Lipinski definition) is 3. The zero-order valence-electron chi connectivity index (χ0n) is 13.4. The van der Waals surface area contributed by atoms with E-state index in [2.05, 4.69) is 17.3 Å². The predicted octanol–water partition coefficient (Wildman–Crippen LogP) is 2.64. The summed E-state index contributed by atoms with van der Waals surface area (Å²) < 4.78 is 0. The molecule has 0 aromatic rings. The van der Waals surface area contributed by atoms with Gasteiger partial charge in [-0.2, -0.15) is 0 Å². The highest BCUT2D eigenvalue weighted by Crippen LogP contribution is 2.36. The lowest BCUT2D eigenvalue weighted by molar-refractivity contribution is 0.0822. The van der Waals surface area contributed by atoms with E-state index in [0.717, 1.165) is 12.3 Å². The van der Waals surface area contributed by atoms with Crippen molar-refractivity contribution in [1.29, 1.82) is 0 Å². The highest BCUT2D eigenvalue weighted by atomic mass is 16.3. The van der Waals surface area contributed by atoms with Gasteiger partial charge < -0.3 is 15.3 Å². The predicted molar refractivity (Wildman–Crippen MR) is 84.9 cm³/mol. The molecule has 2 aliphatic rings. The van der Waals surface area contributed by atoms with E-state index >= 15 is 0 Å². The molecule has 118 valence electrons. The van der Waals surface area contributed by atoms with Gasteiger partial charge in [-0.05, 0) is 57.0 Å². The Morgan fingerprint density at radius 2 is 1.90 bits per heavy atom. The van der Waals surface area contributed by atoms with Crippen LogP contribution in [-0.2, 0) is 0 Å². The Labute approximate surface area is 125 Å². The zero-order chi connectivity index (χ0) is 14.3. The Morgan fingerprint density at radius 3 is 2.55 bits per heavy atom. The minimum absolute atomic E-state index is 0.361. The van der Waals surface area contributed by atoms with Gasteiger partial charge in [0.2, 0.25) is 0 Å². The van der Waals surface area contributed by atoms with E-state index in [4.69, 9.17) is 5.11 Å². The molecule has 2 rings (SSSR count). The van der Waals surface area contributed by atoms with Crippen molar-refractivity contribution in [2.75, 3.05) is 39.8 Å². The van der Waals surface area contributed by atoms with E-state index < -0.39 is 0 Å². The molecule has 3 nitrogen and oxygen atoms in total. The number of likely N-dealkylation sites (tertiary alicyclic amines) is 1. The summed E-state index contributed by atoms with van der Waals surface area (Å²) in [5.41, 5.74) is 0.506. The van der Waals surface area contributed by atoms with Crippen LogP contribution in [0.5, 0.6) is 0 Å². The number of nitrogens with zero attached hydrogens (tertiary/aromatic N) is 1. The van der Waals surface area contributed by atoms with Gasteiger partial charge in [0.15, 0.2) is 0 Å². The normalized spacial score (nSPS) is 28.2. The van der Waals surface area contributed by atoms with E-state index in [1.807, 2.05) is 0 Å². The lowest BCUT2D eigenvalue weighted by Gasteiger charge is -2.41. The van der Waals surface area contributed by atoms with Crippen LogP contribution in [0.1, 0.15) is 57.8 Å². The maximum atomic E-state index is 9.17. The molecule has 1 unspecified atom stereocenters. The molecule has 0 aromatic carbocycles. The van der Waals surface area contributed by atoms with E-state index in [-0.39, 0.29) is 0 Å². The lowest BCUT2D eigenvalue weighted by atomic mass is 9.79. The fourth-order valence-electron chi connectivity index (χ4n) is 4.43. The van der Waals surface area contributed by atoms with Gasteiger partial charge in [-0.15, -0.1) is 0 Å². The Morgan fingerprint density at radius 1 is 1.15 bits per heavy atom. The van der Waals surface area contributed by atoms with E-state index in [0.29, 0.717) is 12.0 Å². The second-order valence-corrected chi connectivity index (χ2v) is 7.20.